The number of rotatable bonds is 23. The van der Waals surface area contributed by atoms with E-state index in [0.29, 0.717) is 19.3 Å². The van der Waals surface area contributed by atoms with Gasteiger partial charge in [-0.25, -0.2) is 19.4 Å². The monoisotopic (exact) mass is 1380 g/mol. The number of fused-ring (bicyclic) bond motifs is 4. The first-order valence-corrected chi connectivity index (χ1v) is 32.2. The van der Waals surface area contributed by atoms with Crippen LogP contribution in [0.3, 0.4) is 0 Å². The second-order valence-corrected chi connectivity index (χ2v) is 25.7. The van der Waals surface area contributed by atoms with Crippen LogP contribution in [0.5, 0.6) is 34.5 Å². The number of methoxy groups -OCH3 is 3. The first kappa shape index (κ1) is 72.9. The molecule has 2 unspecified atom stereocenters. The predicted octanol–water partition coefficient (Wildman–Crippen LogP) is 3.06. The smallest absolute Gasteiger partial charge is 0.416 e. The number of hydrogen-bond acceptors (Lipinski definition) is 25. The van der Waals surface area contributed by atoms with E-state index in [1.54, 1.807) is 47.0 Å². The van der Waals surface area contributed by atoms with Gasteiger partial charge >= 0.3 is 12.2 Å². The molecule has 0 aromatic heterocycles. The number of benzene rings is 4. The van der Waals surface area contributed by atoms with Gasteiger partial charge in [0.05, 0.1) is 93.0 Å². The minimum absolute atomic E-state index is 0.0165. The molecule has 2 saturated heterocycles. The number of nitrogens with zero attached hydrogens (tertiary/aromatic N) is 4. The van der Waals surface area contributed by atoms with Gasteiger partial charge in [-0.3, -0.25) is 19.2 Å². The van der Waals surface area contributed by atoms with Crippen molar-refractivity contribution in [3.63, 3.8) is 0 Å². The van der Waals surface area contributed by atoms with Crippen LogP contribution in [-0.2, 0) is 36.9 Å². The summed E-state index contributed by atoms with van der Waals surface area (Å²) in [6.07, 6.45) is -12.7. The lowest BCUT2D eigenvalue weighted by Crippen LogP contribution is -2.54. The third-order valence-electron chi connectivity index (χ3n) is 17.2. The van der Waals surface area contributed by atoms with Gasteiger partial charge in [0.1, 0.15) is 61.3 Å². The number of hydrogen-bond donors (Lipinski definition) is 10. The summed E-state index contributed by atoms with van der Waals surface area (Å²) < 4.78 is 63.3. The lowest BCUT2D eigenvalue weighted by Gasteiger charge is -2.35. The van der Waals surface area contributed by atoms with Gasteiger partial charge in [-0.2, -0.15) is 0 Å². The number of anilines is 2. The normalized spacial score (nSPS) is 25.0. The number of unbranched alkanes of at least 4 members (excludes halogenated alkanes) is 2. The number of ether oxygens (including phenoxy) is 11. The van der Waals surface area contributed by atoms with E-state index in [0.717, 1.165) is 20.9 Å². The second-order valence-electron chi connectivity index (χ2n) is 25.7. The topological polar surface area (TPSA) is 403 Å². The molecule has 0 aliphatic carbocycles. The van der Waals surface area contributed by atoms with Crippen LogP contribution in [0.2, 0.25) is 0 Å². The Morgan fingerprint density at radius 3 is 1.39 bits per heavy atom. The molecule has 10 rings (SSSR count). The van der Waals surface area contributed by atoms with Gasteiger partial charge in [0.15, 0.2) is 35.5 Å². The molecule has 6 aliphatic heterocycles. The van der Waals surface area contributed by atoms with Crippen molar-refractivity contribution in [2.75, 3.05) is 70.7 Å². The van der Waals surface area contributed by atoms with Crippen molar-refractivity contribution in [1.82, 2.24) is 20.4 Å². The Kier molecular flexibility index (Phi) is 22.9. The highest BCUT2D eigenvalue weighted by atomic mass is 16.7. The lowest BCUT2D eigenvalue weighted by atomic mass is 10.0. The van der Waals surface area contributed by atoms with Crippen molar-refractivity contribution >= 4 is 47.2 Å². The molecular weight excluding hydrogens is 1300 g/mol. The Balaban J connectivity index is 0.820. The van der Waals surface area contributed by atoms with E-state index >= 15 is 0 Å². The summed E-state index contributed by atoms with van der Waals surface area (Å²) in [6.45, 7) is 7.61. The average Bonchev–Trinajstić information content (AvgIpc) is 1.63. The van der Waals surface area contributed by atoms with Crippen molar-refractivity contribution < 1.29 is 122 Å². The maximum absolute atomic E-state index is 14.5. The zero-order valence-electron chi connectivity index (χ0n) is 55.9. The quantitative estimate of drug-likeness (QED) is 0.0477. The first-order chi connectivity index (χ1) is 47.2. The van der Waals surface area contributed by atoms with E-state index in [2.05, 4.69) is 10.6 Å². The van der Waals surface area contributed by atoms with E-state index in [1.165, 1.54) is 91.8 Å². The molecule has 0 bridgehead atoms. The number of amides is 6. The summed E-state index contributed by atoms with van der Waals surface area (Å²) in [5.41, 5.74) is 1.09. The van der Waals surface area contributed by atoms with Gasteiger partial charge in [0, 0.05) is 43.7 Å². The molecule has 31 heteroatoms. The Morgan fingerprint density at radius 2 is 0.980 bits per heavy atom. The van der Waals surface area contributed by atoms with Crippen LogP contribution >= 0.6 is 0 Å². The van der Waals surface area contributed by atoms with E-state index in [4.69, 9.17) is 52.1 Å². The van der Waals surface area contributed by atoms with Crippen molar-refractivity contribution in [3.05, 3.63) is 118 Å². The summed E-state index contributed by atoms with van der Waals surface area (Å²) in [5, 5.41) is 91.5. The van der Waals surface area contributed by atoms with E-state index < -0.39 is 128 Å². The summed E-state index contributed by atoms with van der Waals surface area (Å²) >= 11 is 0. The maximum Gasteiger partial charge on any atom is 0.416 e. The van der Waals surface area contributed by atoms with Crippen molar-refractivity contribution in [1.29, 1.82) is 0 Å². The summed E-state index contributed by atoms with van der Waals surface area (Å²) in [6, 6.07) is 12.3. The van der Waals surface area contributed by atoms with Gasteiger partial charge in [-0.15, -0.1) is 0 Å². The number of carbonyl (C=O) groups is 6. The fourth-order valence-corrected chi connectivity index (χ4v) is 12.1. The zero-order valence-corrected chi connectivity index (χ0v) is 55.9. The van der Waals surface area contributed by atoms with Crippen LogP contribution in [0.25, 0.3) is 0 Å². The molecule has 99 heavy (non-hydrogen) atoms. The molecule has 2 fully saturated rings. The van der Waals surface area contributed by atoms with Crippen LogP contribution in [0.15, 0.2) is 84.2 Å². The Hall–Kier alpha value is -8.86. The molecule has 10 N–H and O–H groups in total. The molecule has 31 nitrogen and oxygen atoms in total. The summed E-state index contributed by atoms with van der Waals surface area (Å²) in [7, 11) is 4.21. The zero-order chi connectivity index (χ0) is 71.3. The molecule has 6 aliphatic rings. The highest BCUT2D eigenvalue weighted by molar-refractivity contribution is 6.08. The lowest BCUT2D eigenvalue weighted by molar-refractivity contribution is -0.242. The van der Waals surface area contributed by atoms with Gasteiger partial charge in [0.25, 0.3) is 23.6 Å². The number of aliphatic hydroxyl groups excluding tert-OH is 8. The number of aliphatic hydroxyl groups is 8. The van der Waals surface area contributed by atoms with E-state index in [9.17, 15) is 69.6 Å². The molecule has 0 saturated carbocycles. The van der Waals surface area contributed by atoms with Crippen LogP contribution in [0.1, 0.15) is 119 Å². The fourth-order valence-electron chi connectivity index (χ4n) is 12.1. The Morgan fingerprint density at radius 1 is 0.545 bits per heavy atom. The van der Waals surface area contributed by atoms with Crippen molar-refractivity contribution in [2.24, 2.45) is 0 Å². The third kappa shape index (κ3) is 16.1. The van der Waals surface area contributed by atoms with Crippen molar-refractivity contribution in [2.45, 2.75) is 159 Å². The van der Waals surface area contributed by atoms with E-state index in [1.807, 2.05) is 0 Å². The van der Waals surface area contributed by atoms with Crippen molar-refractivity contribution in [3.8, 4) is 34.5 Å². The standard InChI is InChI=1S/C68H84N6O25/c1-34-20-44-62(85)73(66(87)96-30-36-12-14-48(40(22-36)58(81)69-16-19-89-6)98-64-56(79)54(77)46(75)32-94-64)42-26-52(50(90-7)24-38(42)60(83)71(44)28-34)92-17-10-9-11-18-93-53-27-43-39(25-51(53)91-8)61(84)72-29-35(2)21-45(72)63(86)74(43)67(88)97-31-37-13-15-49(41(23-37)59(82)70-68(3,4)5)99-65-57(80)55(78)47(76)33-95-65/h12-15,22-29,44-47,54-57,62-65,75-80,85-86H,9-11,16-21,30-33H2,1-8H3,(H,69,81)(H,70,82)/t44-,45-,46+,47+,54-,55-,56+,57+,62?,63?,64-,65-/m0/s1. The number of carbonyl (C=O) groups excluding carboxylic acids is 6. The Labute approximate surface area is 569 Å². The Bertz CT molecular complexity index is 3730. The summed E-state index contributed by atoms with van der Waals surface area (Å²) in [5.74, 6) is -1.96. The highest BCUT2D eigenvalue weighted by Crippen LogP contribution is 2.45. The maximum atomic E-state index is 14.5. The number of nitrogens with one attached hydrogen (secondary N) is 2. The molecule has 6 amide bonds. The minimum Gasteiger partial charge on any atom is -0.493 e. The van der Waals surface area contributed by atoms with Crippen LogP contribution < -0.4 is 48.9 Å². The predicted molar refractivity (Wildman–Crippen MR) is 346 cm³/mol. The fraction of sp³-hybridized carbons (Fsp3) is 0.500. The third-order valence-corrected chi connectivity index (χ3v) is 17.2. The molecular formula is C68H84N6O25. The molecule has 12 atom stereocenters. The van der Waals surface area contributed by atoms with Crippen LogP contribution in [-0.4, -0.2) is 227 Å². The van der Waals surface area contributed by atoms with Gasteiger partial charge < -0.3 is 113 Å². The molecule has 0 radical (unpaired) electrons. The minimum atomic E-state index is -1.68. The largest absolute Gasteiger partial charge is 0.493 e. The van der Waals surface area contributed by atoms with Crippen LogP contribution in [0, 0.1) is 0 Å². The van der Waals surface area contributed by atoms with E-state index in [-0.39, 0.29) is 132 Å². The van der Waals surface area contributed by atoms with Gasteiger partial charge in [-0.05, 0) is 114 Å². The molecule has 0 spiro atoms. The molecule has 536 valence electrons. The van der Waals surface area contributed by atoms with Gasteiger partial charge in [-0.1, -0.05) is 23.3 Å². The first-order valence-electron chi connectivity index (χ1n) is 32.2. The SMILES string of the molecule is COCCNC(=O)c1cc(COC(=O)N2c3cc(OCCCCCOc4cc5c(cc4OC)C(=O)N4C=C(C)C[C@H]4C(O)N5C(=O)OCc4ccc(O[C@@H]5OC[C@@H](O)[C@H](O)[C@H]5O)c(C(=O)NC(C)(C)C)c4)c(OC)cc3C(=O)N3C=C(C)C[C@H]3C2O)ccc1O[C@@H]1OC[C@@H](O)[C@H](O)[C@H]1O. The van der Waals surface area contributed by atoms with Gasteiger partial charge in [0.2, 0.25) is 12.6 Å². The second kappa shape index (κ2) is 31.1. The molecule has 6 heterocycles. The summed E-state index contributed by atoms with van der Waals surface area (Å²) in [4.78, 5) is 89.6. The molecule has 4 aromatic rings. The molecule has 4 aromatic carbocycles. The van der Waals surface area contributed by atoms with Crippen LogP contribution in [0.4, 0.5) is 21.0 Å². The highest BCUT2D eigenvalue weighted by Gasteiger charge is 2.48. The average molecular weight is 1390 g/mol.